The summed E-state index contributed by atoms with van der Waals surface area (Å²) in [7, 11) is -1.53. The van der Waals surface area contributed by atoms with E-state index in [1.807, 2.05) is 37.3 Å². The Bertz CT molecular complexity index is 1130. The van der Waals surface area contributed by atoms with E-state index < -0.39 is 10.8 Å². The lowest BCUT2D eigenvalue weighted by atomic mass is 10.1. The van der Waals surface area contributed by atoms with Crippen molar-refractivity contribution >= 4 is 28.3 Å². The third-order valence-electron chi connectivity index (χ3n) is 4.99. The van der Waals surface area contributed by atoms with Crippen LogP contribution in [0.1, 0.15) is 39.6 Å². The van der Waals surface area contributed by atoms with Crippen LogP contribution in [0.25, 0.3) is 0 Å². The number of hydrogen-bond donors (Lipinski definition) is 1. The number of hydrogen-bond acceptors (Lipinski definition) is 3. The molecule has 5 nitrogen and oxygen atoms in total. The normalized spacial score (nSPS) is 15.2. The highest BCUT2D eigenvalue weighted by molar-refractivity contribution is 7.85. The van der Waals surface area contributed by atoms with Crippen molar-refractivity contribution in [3.05, 3.63) is 89.5 Å². The van der Waals surface area contributed by atoms with E-state index in [9.17, 15) is 13.8 Å². The predicted octanol–water partition coefficient (Wildman–Crippen LogP) is 4.15. The third kappa shape index (κ3) is 3.78. The summed E-state index contributed by atoms with van der Waals surface area (Å²) in [5, 5.41) is 2.86. The Labute approximate surface area is 178 Å². The third-order valence-corrected chi connectivity index (χ3v) is 6.49. The number of nitrogens with zero attached hydrogens (tertiary/aromatic N) is 1. The van der Waals surface area contributed by atoms with Gasteiger partial charge >= 0.3 is 0 Å². The second kappa shape index (κ2) is 8.63. The summed E-state index contributed by atoms with van der Waals surface area (Å²) in [5.41, 5.74) is 2.31. The van der Waals surface area contributed by atoms with Crippen molar-refractivity contribution in [1.29, 1.82) is 0 Å². The minimum Gasteiger partial charge on any atom is -0.352 e. The van der Waals surface area contributed by atoms with Gasteiger partial charge in [-0.1, -0.05) is 49.4 Å². The number of anilines is 1. The first-order chi connectivity index (χ1) is 14.6. The molecule has 0 saturated carbocycles. The minimum atomic E-state index is -1.53. The van der Waals surface area contributed by atoms with Crippen molar-refractivity contribution < 1.29 is 13.8 Å². The van der Waals surface area contributed by atoms with Gasteiger partial charge in [-0.3, -0.25) is 9.59 Å². The standard InChI is InChI=1S/C24H22N2O3S/c1-2-14-25-23(27)18-12-13-22-20(15-18)26(16-17-8-4-3-5-9-17)24(28)19-10-6-7-11-21(19)30(22)29/h3-13,15H,2,14,16H2,1H3,(H,25,27)/t30-/m1/s1. The number of rotatable bonds is 5. The summed E-state index contributed by atoms with van der Waals surface area (Å²) in [6, 6.07) is 21.6. The molecular weight excluding hydrogens is 396 g/mol. The molecule has 0 saturated heterocycles. The fourth-order valence-electron chi connectivity index (χ4n) is 3.47. The minimum absolute atomic E-state index is 0.209. The van der Waals surface area contributed by atoms with Gasteiger partial charge in [0.25, 0.3) is 11.8 Å². The molecule has 152 valence electrons. The van der Waals surface area contributed by atoms with Crippen LogP contribution in [-0.2, 0) is 17.3 Å². The van der Waals surface area contributed by atoms with E-state index >= 15 is 0 Å². The van der Waals surface area contributed by atoms with E-state index in [-0.39, 0.29) is 11.8 Å². The molecule has 2 amide bonds. The van der Waals surface area contributed by atoms with Crippen molar-refractivity contribution in [3.63, 3.8) is 0 Å². The van der Waals surface area contributed by atoms with Gasteiger partial charge in [0.05, 0.1) is 38.4 Å². The molecule has 3 aromatic rings. The molecule has 1 heterocycles. The van der Waals surface area contributed by atoms with E-state index in [1.165, 1.54) is 0 Å². The molecule has 0 radical (unpaired) electrons. The van der Waals surface area contributed by atoms with Gasteiger partial charge < -0.3 is 10.2 Å². The number of fused-ring (bicyclic) bond motifs is 2. The fourth-order valence-corrected chi connectivity index (χ4v) is 4.81. The Kier molecular flexibility index (Phi) is 5.77. The smallest absolute Gasteiger partial charge is 0.259 e. The van der Waals surface area contributed by atoms with Gasteiger partial charge in [0.1, 0.15) is 0 Å². The summed E-state index contributed by atoms with van der Waals surface area (Å²) >= 11 is 0. The molecule has 4 rings (SSSR count). The molecule has 1 aliphatic rings. The van der Waals surface area contributed by atoms with Gasteiger partial charge in [0.15, 0.2) is 0 Å². The molecule has 1 N–H and O–H groups in total. The van der Waals surface area contributed by atoms with E-state index in [4.69, 9.17) is 0 Å². The molecule has 0 aromatic heterocycles. The van der Waals surface area contributed by atoms with Gasteiger partial charge in [-0.25, -0.2) is 4.21 Å². The first-order valence-electron chi connectivity index (χ1n) is 9.89. The molecular formula is C24H22N2O3S. The molecule has 0 unspecified atom stereocenters. The van der Waals surface area contributed by atoms with Gasteiger partial charge in [-0.05, 0) is 42.3 Å². The van der Waals surface area contributed by atoms with Crippen LogP contribution in [0.15, 0.2) is 82.6 Å². The zero-order valence-corrected chi connectivity index (χ0v) is 17.4. The molecule has 0 aliphatic carbocycles. The lowest BCUT2D eigenvalue weighted by Crippen LogP contribution is -2.31. The van der Waals surface area contributed by atoms with Crippen LogP contribution < -0.4 is 10.2 Å². The molecule has 0 bridgehead atoms. The Morgan fingerprint density at radius 2 is 1.70 bits per heavy atom. The average molecular weight is 419 g/mol. The van der Waals surface area contributed by atoms with Gasteiger partial charge in [-0.15, -0.1) is 0 Å². The highest BCUT2D eigenvalue weighted by Crippen LogP contribution is 2.36. The van der Waals surface area contributed by atoms with Crippen molar-refractivity contribution in [1.82, 2.24) is 5.32 Å². The molecule has 0 fully saturated rings. The molecule has 1 aliphatic heterocycles. The first kappa shape index (κ1) is 20.0. The average Bonchev–Trinajstić information content (AvgIpc) is 2.87. The Morgan fingerprint density at radius 1 is 0.967 bits per heavy atom. The molecule has 3 aromatic carbocycles. The second-order valence-electron chi connectivity index (χ2n) is 7.08. The van der Waals surface area contributed by atoms with Crippen molar-refractivity contribution in [2.24, 2.45) is 0 Å². The number of amides is 2. The molecule has 30 heavy (non-hydrogen) atoms. The Morgan fingerprint density at radius 3 is 2.47 bits per heavy atom. The number of nitrogens with one attached hydrogen (secondary N) is 1. The van der Waals surface area contributed by atoms with Crippen LogP contribution in [0.5, 0.6) is 0 Å². The van der Waals surface area contributed by atoms with Crippen LogP contribution in [0.3, 0.4) is 0 Å². The molecule has 6 heteroatoms. The summed E-state index contributed by atoms with van der Waals surface area (Å²) in [4.78, 5) is 28.7. The van der Waals surface area contributed by atoms with Gasteiger partial charge in [-0.2, -0.15) is 0 Å². The zero-order chi connectivity index (χ0) is 21.1. The van der Waals surface area contributed by atoms with Crippen molar-refractivity contribution in [2.75, 3.05) is 11.4 Å². The lowest BCUT2D eigenvalue weighted by molar-refractivity contribution is 0.0950. The van der Waals surface area contributed by atoms with Crippen LogP contribution in [-0.4, -0.2) is 22.6 Å². The maximum atomic E-state index is 13.5. The van der Waals surface area contributed by atoms with Crippen LogP contribution >= 0.6 is 0 Å². The van der Waals surface area contributed by atoms with E-state index in [0.29, 0.717) is 39.7 Å². The maximum absolute atomic E-state index is 13.5. The Balaban J connectivity index is 1.85. The van der Waals surface area contributed by atoms with Crippen molar-refractivity contribution in [3.8, 4) is 0 Å². The SMILES string of the molecule is CCCNC(=O)c1ccc2c(c1)N(Cc1ccccc1)C(=O)c1ccccc1[S@]2=O. The van der Waals surface area contributed by atoms with Crippen LogP contribution in [0.4, 0.5) is 5.69 Å². The molecule has 0 spiro atoms. The van der Waals surface area contributed by atoms with Gasteiger partial charge in [0, 0.05) is 12.1 Å². The second-order valence-corrected chi connectivity index (χ2v) is 8.50. The first-order valence-corrected chi connectivity index (χ1v) is 11.0. The monoisotopic (exact) mass is 418 g/mol. The largest absolute Gasteiger partial charge is 0.352 e. The fraction of sp³-hybridized carbons (Fsp3) is 0.167. The predicted molar refractivity (Wildman–Crippen MR) is 117 cm³/mol. The van der Waals surface area contributed by atoms with Crippen LogP contribution in [0, 0.1) is 0 Å². The van der Waals surface area contributed by atoms with Crippen LogP contribution in [0.2, 0.25) is 0 Å². The van der Waals surface area contributed by atoms with E-state index in [2.05, 4.69) is 5.32 Å². The van der Waals surface area contributed by atoms with E-state index in [1.54, 1.807) is 47.4 Å². The zero-order valence-electron chi connectivity index (χ0n) is 16.6. The number of benzene rings is 3. The highest BCUT2D eigenvalue weighted by Gasteiger charge is 2.31. The maximum Gasteiger partial charge on any atom is 0.259 e. The van der Waals surface area contributed by atoms with Crippen molar-refractivity contribution in [2.45, 2.75) is 29.7 Å². The lowest BCUT2D eigenvalue weighted by Gasteiger charge is -2.23. The Hall–Kier alpha value is -3.25. The summed E-state index contributed by atoms with van der Waals surface area (Å²) < 4.78 is 13.4. The quantitative estimate of drug-likeness (QED) is 0.677. The summed E-state index contributed by atoms with van der Waals surface area (Å²) in [6.45, 7) is 2.87. The molecule has 1 atom stereocenters. The summed E-state index contributed by atoms with van der Waals surface area (Å²) in [5.74, 6) is -0.438. The number of carbonyl (C=O) groups is 2. The topological polar surface area (TPSA) is 66.5 Å². The number of carbonyl (C=O) groups excluding carboxylic acids is 2. The highest BCUT2D eigenvalue weighted by atomic mass is 32.2. The summed E-state index contributed by atoms with van der Waals surface area (Å²) in [6.07, 6.45) is 0.828. The van der Waals surface area contributed by atoms with E-state index in [0.717, 1.165) is 12.0 Å². The van der Waals surface area contributed by atoms with Gasteiger partial charge in [0.2, 0.25) is 0 Å².